The zero-order valence-corrected chi connectivity index (χ0v) is 28.3. The van der Waals surface area contributed by atoms with E-state index in [0.717, 1.165) is 39.1 Å². The van der Waals surface area contributed by atoms with Crippen LogP contribution in [0.1, 0.15) is 6.42 Å². The molecule has 0 unspecified atom stereocenters. The highest BCUT2D eigenvalue weighted by molar-refractivity contribution is 5.98. The van der Waals surface area contributed by atoms with E-state index in [2.05, 4.69) is 32.1 Å². The second-order valence-corrected chi connectivity index (χ2v) is 11.1. The van der Waals surface area contributed by atoms with Crippen LogP contribution in [0.25, 0.3) is 0 Å². The number of piperazine rings is 1. The minimum absolute atomic E-state index is 0.0690. The zero-order valence-electron chi connectivity index (χ0n) is 28.3. The number of halogens is 1. The van der Waals surface area contributed by atoms with Crippen LogP contribution in [-0.2, 0) is 0 Å². The van der Waals surface area contributed by atoms with Gasteiger partial charge in [0.05, 0.1) is 40.7 Å². The highest BCUT2D eigenvalue weighted by Crippen LogP contribution is 2.40. The number of aromatic nitrogens is 2. The van der Waals surface area contributed by atoms with Crippen LogP contribution in [0.4, 0.5) is 32.3 Å². The Hall–Kier alpha value is -5.34. The average Bonchev–Trinajstić information content (AvgIpc) is 3.12. The Bertz CT molecular complexity index is 1700. The van der Waals surface area contributed by atoms with Crippen molar-refractivity contribution in [1.82, 2.24) is 19.8 Å². The van der Waals surface area contributed by atoms with E-state index >= 15 is 4.39 Å². The SMILES string of the molecule is COc1ccc(N(C(=O)Oc2c(OC)cccc2OC)c2ccnc(Nc3ccc(OCCCN4CCN(C)CC4)c(F)c3)n2)c(OC)c1. The number of carbonyl (C=O) groups excluding carboxylic acids is 1. The van der Waals surface area contributed by atoms with Crippen molar-refractivity contribution in [1.29, 1.82) is 0 Å². The fourth-order valence-corrected chi connectivity index (χ4v) is 5.24. The molecule has 1 fully saturated rings. The quantitative estimate of drug-likeness (QED) is 0.164. The van der Waals surface area contributed by atoms with Crippen LogP contribution in [0.2, 0.25) is 0 Å². The van der Waals surface area contributed by atoms with Gasteiger partial charge in [-0.25, -0.2) is 19.1 Å². The Morgan fingerprint density at radius 3 is 2.29 bits per heavy atom. The molecule has 1 aromatic heterocycles. The molecule has 0 atom stereocenters. The van der Waals surface area contributed by atoms with Gasteiger partial charge in [-0.05, 0) is 49.9 Å². The number of hydrogen-bond donors (Lipinski definition) is 1. The Kier molecular flexibility index (Phi) is 11.9. The summed E-state index contributed by atoms with van der Waals surface area (Å²) >= 11 is 0. The molecule has 0 saturated carbocycles. The van der Waals surface area contributed by atoms with Gasteiger partial charge in [-0.1, -0.05) is 6.07 Å². The van der Waals surface area contributed by atoms with Crippen LogP contribution in [0, 0.1) is 5.82 Å². The third-order valence-electron chi connectivity index (χ3n) is 7.91. The lowest BCUT2D eigenvalue weighted by Crippen LogP contribution is -2.44. The maximum absolute atomic E-state index is 15.1. The number of nitrogens with zero attached hydrogens (tertiary/aromatic N) is 5. The molecule has 0 aliphatic carbocycles. The van der Waals surface area contributed by atoms with Gasteiger partial charge in [-0.3, -0.25) is 0 Å². The van der Waals surface area contributed by atoms with Crippen molar-refractivity contribution in [2.45, 2.75) is 6.42 Å². The van der Waals surface area contributed by atoms with Crippen LogP contribution < -0.4 is 38.6 Å². The molecule has 4 aromatic rings. The van der Waals surface area contributed by atoms with Crippen LogP contribution in [0.3, 0.4) is 0 Å². The molecule has 260 valence electrons. The number of para-hydroxylation sites is 1. The molecular formula is C35H41FN6O7. The first-order valence-electron chi connectivity index (χ1n) is 15.7. The molecule has 1 aliphatic rings. The van der Waals surface area contributed by atoms with E-state index in [0.29, 0.717) is 29.5 Å². The smallest absolute Gasteiger partial charge is 0.426 e. The van der Waals surface area contributed by atoms with Gasteiger partial charge in [0, 0.05) is 62.8 Å². The van der Waals surface area contributed by atoms with Crippen molar-refractivity contribution in [3.8, 4) is 34.5 Å². The van der Waals surface area contributed by atoms with Gasteiger partial charge < -0.3 is 43.5 Å². The van der Waals surface area contributed by atoms with Gasteiger partial charge in [-0.2, -0.15) is 4.98 Å². The maximum atomic E-state index is 15.1. The van der Waals surface area contributed by atoms with Gasteiger partial charge in [0.15, 0.2) is 23.1 Å². The third-order valence-corrected chi connectivity index (χ3v) is 7.91. The number of likely N-dealkylation sites (N-methyl/N-ethyl adjacent to an activating group) is 1. The summed E-state index contributed by atoms with van der Waals surface area (Å²) in [6, 6.07) is 16.0. The Morgan fingerprint density at radius 1 is 0.878 bits per heavy atom. The summed E-state index contributed by atoms with van der Waals surface area (Å²) in [5, 5.41) is 3.01. The summed E-state index contributed by atoms with van der Waals surface area (Å²) in [6.45, 7) is 5.46. The molecule has 1 saturated heterocycles. The molecule has 0 radical (unpaired) electrons. The van der Waals surface area contributed by atoms with E-state index in [9.17, 15) is 4.79 Å². The maximum Gasteiger partial charge on any atom is 0.426 e. The highest BCUT2D eigenvalue weighted by Gasteiger charge is 2.28. The standard InChI is InChI=1S/C35H41FN6O7/c1-40-17-19-41(20-18-40)16-7-21-48-28-13-10-24(22-26(28)36)38-34-37-15-14-32(39-34)42(27-12-11-25(44-2)23-31(27)47-5)35(43)49-33-29(45-3)8-6-9-30(33)46-4/h6,8-15,22-23H,7,16-21H2,1-5H3,(H,37,38,39). The summed E-state index contributed by atoms with van der Waals surface area (Å²) in [7, 11) is 8.02. The fourth-order valence-electron chi connectivity index (χ4n) is 5.24. The lowest BCUT2D eigenvalue weighted by Gasteiger charge is -2.32. The monoisotopic (exact) mass is 676 g/mol. The van der Waals surface area contributed by atoms with Crippen molar-refractivity contribution in [2.24, 2.45) is 0 Å². The Labute approximate surface area is 285 Å². The first-order valence-corrected chi connectivity index (χ1v) is 15.7. The summed E-state index contributed by atoms with van der Waals surface area (Å²) in [5.41, 5.74) is 0.682. The predicted molar refractivity (Wildman–Crippen MR) is 183 cm³/mol. The fraction of sp³-hybridized carbons (Fsp3) is 0.343. The van der Waals surface area contributed by atoms with Crippen molar-refractivity contribution in [2.75, 3.05) is 85.0 Å². The van der Waals surface area contributed by atoms with Crippen molar-refractivity contribution in [3.63, 3.8) is 0 Å². The number of methoxy groups -OCH3 is 4. The third kappa shape index (κ3) is 8.77. The van der Waals surface area contributed by atoms with Gasteiger partial charge in [0.25, 0.3) is 0 Å². The molecule has 1 N–H and O–H groups in total. The largest absolute Gasteiger partial charge is 0.497 e. The molecule has 0 bridgehead atoms. The average molecular weight is 677 g/mol. The summed E-state index contributed by atoms with van der Waals surface area (Å²) in [5.74, 6) is 1.30. The first kappa shape index (κ1) is 35.0. The lowest BCUT2D eigenvalue weighted by atomic mass is 10.2. The molecule has 2 heterocycles. The topological polar surface area (TPSA) is 120 Å². The molecule has 1 amide bonds. The van der Waals surface area contributed by atoms with Crippen molar-refractivity contribution in [3.05, 3.63) is 72.7 Å². The zero-order chi connectivity index (χ0) is 34.8. The van der Waals surface area contributed by atoms with Gasteiger partial charge in [0.2, 0.25) is 11.7 Å². The molecule has 14 heteroatoms. The normalized spacial score (nSPS) is 13.3. The number of benzene rings is 3. The van der Waals surface area contributed by atoms with Crippen molar-refractivity contribution < 1.29 is 37.6 Å². The Morgan fingerprint density at radius 2 is 1.61 bits per heavy atom. The molecule has 0 spiro atoms. The minimum Gasteiger partial charge on any atom is -0.497 e. The highest BCUT2D eigenvalue weighted by atomic mass is 19.1. The Balaban J connectivity index is 1.35. The summed E-state index contributed by atoms with van der Waals surface area (Å²) in [6.07, 6.45) is 1.40. The summed E-state index contributed by atoms with van der Waals surface area (Å²) in [4.78, 5) is 28.7. The molecule has 49 heavy (non-hydrogen) atoms. The van der Waals surface area contributed by atoms with E-state index in [1.54, 1.807) is 48.5 Å². The van der Waals surface area contributed by atoms with E-state index in [-0.39, 0.29) is 34.8 Å². The van der Waals surface area contributed by atoms with Crippen LogP contribution in [-0.4, -0.2) is 101 Å². The second kappa shape index (κ2) is 16.7. The number of nitrogens with one attached hydrogen (secondary N) is 1. The molecular weight excluding hydrogens is 635 g/mol. The van der Waals surface area contributed by atoms with E-state index in [1.807, 2.05) is 0 Å². The second-order valence-electron chi connectivity index (χ2n) is 11.1. The number of hydrogen-bond acceptors (Lipinski definition) is 12. The number of rotatable bonds is 14. The van der Waals surface area contributed by atoms with Crippen molar-refractivity contribution >= 4 is 29.2 Å². The number of ether oxygens (including phenoxy) is 6. The van der Waals surface area contributed by atoms with Crippen LogP contribution in [0.5, 0.6) is 34.5 Å². The number of carbonyl (C=O) groups is 1. The lowest BCUT2D eigenvalue weighted by molar-refractivity contribution is 0.145. The van der Waals surface area contributed by atoms with Gasteiger partial charge >= 0.3 is 6.09 Å². The van der Waals surface area contributed by atoms with E-state index in [1.165, 1.54) is 51.7 Å². The summed E-state index contributed by atoms with van der Waals surface area (Å²) < 4.78 is 48.4. The van der Waals surface area contributed by atoms with E-state index in [4.69, 9.17) is 28.4 Å². The minimum atomic E-state index is -0.851. The number of amides is 1. The molecule has 13 nitrogen and oxygen atoms in total. The van der Waals surface area contributed by atoms with Gasteiger partial charge in [0.1, 0.15) is 17.3 Å². The molecule has 1 aliphatic heterocycles. The molecule has 5 rings (SSSR count). The predicted octanol–water partition coefficient (Wildman–Crippen LogP) is 5.75. The van der Waals surface area contributed by atoms with Crippen LogP contribution in [0.15, 0.2) is 66.9 Å². The molecule has 3 aromatic carbocycles. The first-order chi connectivity index (χ1) is 23.8. The van der Waals surface area contributed by atoms with E-state index < -0.39 is 11.9 Å². The number of anilines is 4. The van der Waals surface area contributed by atoms with Crippen LogP contribution >= 0.6 is 0 Å². The van der Waals surface area contributed by atoms with Gasteiger partial charge in [-0.15, -0.1) is 0 Å².